The van der Waals surface area contributed by atoms with Gasteiger partial charge in [-0.1, -0.05) is 60.7 Å². The molecule has 2 heterocycles. The van der Waals surface area contributed by atoms with Crippen molar-refractivity contribution in [3.8, 4) is 5.75 Å². The van der Waals surface area contributed by atoms with E-state index in [1.807, 2.05) is 36.4 Å². The molecule has 2 aliphatic heterocycles. The van der Waals surface area contributed by atoms with Crippen LogP contribution in [0.15, 0.2) is 78.9 Å². The van der Waals surface area contributed by atoms with Crippen LogP contribution < -0.4 is 4.74 Å². The van der Waals surface area contributed by atoms with E-state index in [1.165, 1.54) is 16.0 Å². The standard InChI is InChI=1S/C27H26N2O3/c30-26-23-12-5-6-13-24(23)27(31)29(26)16-8-15-28(18-20-9-2-1-3-10-20)19-22-17-21-11-4-7-14-25(21)32-22/h1-7,9-14,22H,8,15-19H2. The van der Waals surface area contributed by atoms with Gasteiger partial charge >= 0.3 is 0 Å². The molecule has 162 valence electrons. The second-order valence-corrected chi connectivity index (χ2v) is 8.43. The summed E-state index contributed by atoms with van der Waals surface area (Å²) in [6.45, 7) is 2.80. The van der Waals surface area contributed by atoms with Gasteiger partial charge < -0.3 is 4.74 Å². The lowest BCUT2D eigenvalue weighted by atomic mass is 10.1. The Bertz CT molecular complexity index is 1070. The number of carbonyl (C=O) groups excluding carboxylic acids is 2. The molecule has 0 aromatic heterocycles. The van der Waals surface area contributed by atoms with Crippen molar-refractivity contribution in [1.29, 1.82) is 0 Å². The summed E-state index contributed by atoms with van der Waals surface area (Å²) < 4.78 is 6.17. The van der Waals surface area contributed by atoms with E-state index in [4.69, 9.17) is 4.74 Å². The molecule has 0 N–H and O–H groups in total. The number of rotatable bonds is 8. The number of carbonyl (C=O) groups is 2. The van der Waals surface area contributed by atoms with Gasteiger partial charge in [0.05, 0.1) is 11.1 Å². The Hall–Kier alpha value is -3.44. The number of imide groups is 1. The Balaban J connectivity index is 1.23. The Morgan fingerprint density at radius 2 is 1.50 bits per heavy atom. The van der Waals surface area contributed by atoms with Crippen LogP contribution in [0.25, 0.3) is 0 Å². The molecule has 2 amide bonds. The molecule has 5 rings (SSSR count). The number of benzene rings is 3. The Labute approximate surface area is 188 Å². The first-order chi connectivity index (χ1) is 15.7. The zero-order valence-electron chi connectivity index (χ0n) is 17.9. The van der Waals surface area contributed by atoms with Gasteiger partial charge in [0.1, 0.15) is 11.9 Å². The van der Waals surface area contributed by atoms with E-state index in [0.717, 1.165) is 38.2 Å². The fraction of sp³-hybridized carbons (Fsp3) is 0.259. The molecule has 0 radical (unpaired) electrons. The third-order valence-electron chi connectivity index (χ3n) is 6.16. The summed E-state index contributed by atoms with van der Waals surface area (Å²) in [4.78, 5) is 29.0. The first kappa shape index (κ1) is 20.5. The van der Waals surface area contributed by atoms with Gasteiger partial charge in [0.2, 0.25) is 0 Å². The lowest BCUT2D eigenvalue weighted by molar-refractivity contribution is 0.0642. The fourth-order valence-corrected chi connectivity index (χ4v) is 4.61. The summed E-state index contributed by atoms with van der Waals surface area (Å²) in [7, 11) is 0. The van der Waals surface area contributed by atoms with Crippen LogP contribution in [-0.4, -0.2) is 47.4 Å². The summed E-state index contributed by atoms with van der Waals surface area (Å²) in [6.07, 6.45) is 1.73. The maximum Gasteiger partial charge on any atom is 0.261 e. The first-order valence-corrected chi connectivity index (χ1v) is 11.1. The molecule has 5 heteroatoms. The minimum Gasteiger partial charge on any atom is -0.488 e. The fourth-order valence-electron chi connectivity index (χ4n) is 4.61. The lowest BCUT2D eigenvalue weighted by Gasteiger charge is -2.26. The second-order valence-electron chi connectivity index (χ2n) is 8.43. The molecule has 2 aliphatic rings. The average molecular weight is 427 g/mol. The van der Waals surface area contributed by atoms with Gasteiger partial charge in [-0.3, -0.25) is 19.4 Å². The highest BCUT2D eigenvalue weighted by Crippen LogP contribution is 2.29. The van der Waals surface area contributed by atoms with Gasteiger partial charge in [0.25, 0.3) is 11.8 Å². The third kappa shape index (κ3) is 4.16. The Morgan fingerprint density at radius 1 is 0.844 bits per heavy atom. The predicted octanol–water partition coefficient (Wildman–Crippen LogP) is 4.18. The highest BCUT2D eigenvalue weighted by molar-refractivity contribution is 6.21. The summed E-state index contributed by atoms with van der Waals surface area (Å²) >= 11 is 0. The van der Waals surface area contributed by atoms with Crippen LogP contribution in [0.1, 0.15) is 38.3 Å². The topological polar surface area (TPSA) is 49.9 Å². The molecule has 32 heavy (non-hydrogen) atoms. The normalized spacial score (nSPS) is 16.9. The van der Waals surface area contributed by atoms with Crippen molar-refractivity contribution in [3.05, 3.63) is 101 Å². The molecule has 1 unspecified atom stereocenters. The van der Waals surface area contributed by atoms with Crippen molar-refractivity contribution < 1.29 is 14.3 Å². The zero-order chi connectivity index (χ0) is 21.9. The lowest BCUT2D eigenvalue weighted by Crippen LogP contribution is -2.37. The van der Waals surface area contributed by atoms with Crippen molar-refractivity contribution in [2.45, 2.75) is 25.5 Å². The Morgan fingerprint density at radius 3 is 2.22 bits per heavy atom. The predicted molar refractivity (Wildman–Crippen MR) is 123 cm³/mol. The summed E-state index contributed by atoms with van der Waals surface area (Å²) in [6, 6.07) is 25.6. The zero-order valence-corrected chi connectivity index (χ0v) is 17.9. The quantitative estimate of drug-likeness (QED) is 0.507. The van der Waals surface area contributed by atoms with E-state index in [0.29, 0.717) is 17.7 Å². The number of fused-ring (bicyclic) bond motifs is 2. The van der Waals surface area contributed by atoms with E-state index >= 15 is 0 Å². The summed E-state index contributed by atoms with van der Waals surface area (Å²) in [5.74, 6) is 0.604. The van der Waals surface area contributed by atoms with E-state index in [-0.39, 0.29) is 17.9 Å². The molecule has 3 aromatic rings. The van der Waals surface area contributed by atoms with Gasteiger partial charge in [-0.05, 0) is 35.7 Å². The van der Waals surface area contributed by atoms with Crippen LogP contribution in [0.4, 0.5) is 0 Å². The molecule has 0 saturated carbocycles. The van der Waals surface area contributed by atoms with Crippen LogP contribution in [0, 0.1) is 0 Å². The molecule has 0 saturated heterocycles. The maximum absolute atomic E-state index is 12.6. The maximum atomic E-state index is 12.6. The van der Waals surface area contributed by atoms with Gasteiger partial charge in [-0.25, -0.2) is 0 Å². The molecule has 1 atom stereocenters. The average Bonchev–Trinajstić information content (AvgIpc) is 3.33. The van der Waals surface area contributed by atoms with Crippen molar-refractivity contribution in [3.63, 3.8) is 0 Å². The molecular formula is C27H26N2O3. The number of nitrogens with zero attached hydrogens (tertiary/aromatic N) is 2. The number of hydrogen-bond acceptors (Lipinski definition) is 4. The largest absolute Gasteiger partial charge is 0.488 e. The van der Waals surface area contributed by atoms with E-state index in [1.54, 1.807) is 24.3 Å². The molecule has 0 fully saturated rings. The van der Waals surface area contributed by atoms with Crippen molar-refractivity contribution in [2.75, 3.05) is 19.6 Å². The third-order valence-corrected chi connectivity index (χ3v) is 6.16. The molecular weight excluding hydrogens is 400 g/mol. The number of para-hydroxylation sites is 1. The van der Waals surface area contributed by atoms with Gasteiger partial charge in [-0.2, -0.15) is 0 Å². The van der Waals surface area contributed by atoms with Gasteiger partial charge in [0.15, 0.2) is 0 Å². The molecule has 0 aliphatic carbocycles. The first-order valence-electron chi connectivity index (χ1n) is 11.1. The van der Waals surface area contributed by atoms with Crippen molar-refractivity contribution >= 4 is 11.8 Å². The Kier molecular flexibility index (Phi) is 5.73. The highest BCUT2D eigenvalue weighted by Gasteiger charge is 2.34. The minimum atomic E-state index is -0.185. The van der Waals surface area contributed by atoms with E-state index in [2.05, 4.69) is 23.1 Å². The van der Waals surface area contributed by atoms with Gasteiger partial charge in [-0.15, -0.1) is 0 Å². The van der Waals surface area contributed by atoms with Crippen LogP contribution in [-0.2, 0) is 13.0 Å². The second kappa shape index (κ2) is 8.97. The molecule has 5 nitrogen and oxygen atoms in total. The highest BCUT2D eigenvalue weighted by atomic mass is 16.5. The van der Waals surface area contributed by atoms with Crippen molar-refractivity contribution in [1.82, 2.24) is 9.80 Å². The van der Waals surface area contributed by atoms with Crippen molar-refractivity contribution in [2.24, 2.45) is 0 Å². The number of ether oxygens (including phenoxy) is 1. The van der Waals surface area contributed by atoms with E-state index < -0.39 is 0 Å². The van der Waals surface area contributed by atoms with E-state index in [9.17, 15) is 9.59 Å². The monoisotopic (exact) mass is 426 g/mol. The smallest absolute Gasteiger partial charge is 0.261 e. The van der Waals surface area contributed by atoms with Crippen LogP contribution in [0.5, 0.6) is 5.75 Å². The molecule has 0 spiro atoms. The van der Waals surface area contributed by atoms with Crippen LogP contribution in [0.2, 0.25) is 0 Å². The van der Waals surface area contributed by atoms with Crippen LogP contribution in [0.3, 0.4) is 0 Å². The summed E-state index contributed by atoms with van der Waals surface area (Å²) in [5.41, 5.74) is 3.51. The minimum absolute atomic E-state index is 0.107. The number of amides is 2. The number of hydrogen-bond donors (Lipinski definition) is 0. The molecule has 3 aromatic carbocycles. The summed E-state index contributed by atoms with van der Waals surface area (Å²) in [5, 5.41) is 0. The van der Waals surface area contributed by atoms with Crippen LogP contribution >= 0.6 is 0 Å². The van der Waals surface area contributed by atoms with Gasteiger partial charge in [0, 0.05) is 32.6 Å². The molecule has 0 bridgehead atoms. The SMILES string of the molecule is O=C1c2ccccc2C(=O)N1CCCN(Cc1ccccc1)CC1Cc2ccccc2O1.